The minimum absolute atomic E-state index is 0.142. The Hall–Kier alpha value is -0.570. The van der Waals surface area contributed by atoms with Crippen LogP contribution in [-0.4, -0.2) is 19.7 Å². The summed E-state index contributed by atoms with van der Waals surface area (Å²) in [4.78, 5) is 9.81. The van der Waals surface area contributed by atoms with E-state index in [0.717, 1.165) is 6.42 Å². The van der Waals surface area contributed by atoms with Gasteiger partial charge in [0.1, 0.15) is 0 Å². The molecule has 54 valence electrons. The molecule has 0 spiro atoms. The van der Waals surface area contributed by atoms with Gasteiger partial charge in [-0.25, -0.2) is 0 Å². The number of methoxy groups -OCH3 is 1. The zero-order valence-corrected chi connectivity index (χ0v) is 5.55. The lowest BCUT2D eigenvalue weighted by Crippen LogP contribution is -2.21. The van der Waals surface area contributed by atoms with Crippen molar-refractivity contribution in [2.45, 2.75) is 19.3 Å². The van der Waals surface area contributed by atoms with Crippen LogP contribution in [0.4, 0.5) is 0 Å². The third-order valence-electron chi connectivity index (χ3n) is 0.979. The quantitative estimate of drug-likeness (QED) is 0.475. The summed E-state index contributed by atoms with van der Waals surface area (Å²) in [6, 6.07) is 0. The van der Waals surface area contributed by atoms with E-state index >= 15 is 0 Å². The standard InChI is InChI=1S/C6H12O3/c1-9-5-3-2-4-6(7)8/h2-5H2,1H3,(H,7,8)/p-1. The van der Waals surface area contributed by atoms with Crippen LogP contribution in [0.25, 0.3) is 0 Å². The number of carboxylic acids is 1. The van der Waals surface area contributed by atoms with Crippen LogP contribution >= 0.6 is 0 Å². The molecule has 0 amide bonds. The van der Waals surface area contributed by atoms with Crippen LogP contribution in [0.2, 0.25) is 0 Å². The van der Waals surface area contributed by atoms with Gasteiger partial charge in [-0.15, -0.1) is 0 Å². The number of carboxylic acid groups (broad SMARTS) is 1. The number of hydrogen-bond acceptors (Lipinski definition) is 3. The fourth-order valence-electron chi connectivity index (χ4n) is 0.516. The molecule has 0 aromatic heterocycles. The Bertz CT molecular complexity index is 80.4. The molecular weight excluding hydrogens is 120 g/mol. The Labute approximate surface area is 54.6 Å². The molecule has 0 aliphatic carbocycles. The molecule has 0 saturated heterocycles. The molecule has 9 heavy (non-hydrogen) atoms. The average molecular weight is 131 g/mol. The van der Waals surface area contributed by atoms with Crippen LogP contribution in [0, 0.1) is 0 Å². The summed E-state index contributed by atoms with van der Waals surface area (Å²) in [5, 5.41) is 9.81. The van der Waals surface area contributed by atoms with E-state index in [9.17, 15) is 9.90 Å². The number of aliphatic carboxylic acids is 1. The van der Waals surface area contributed by atoms with E-state index in [1.165, 1.54) is 0 Å². The van der Waals surface area contributed by atoms with Gasteiger partial charge in [0, 0.05) is 19.7 Å². The molecule has 0 N–H and O–H groups in total. The first-order valence-corrected chi connectivity index (χ1v) is 2.96. The molecule has 0 bridgehead atoms. The van der Waals surface area contributed by atoms with Gasteiger partial charge < -0.3 is 14.6 Å². The molecule has 0 aromatic rings. The van der Waals surface area contributed by atoms with E-state index in [-0.39, 0.29) is 6.42 Å². The smallest absolute Gasteiger partial charge is 0.0462 e. The Balaban J connectivity index is 2.83. The zero-order valence-electron chi connectivity index (χ0n) is 5.55. The SMILES string of the molecule is COCCCCC(=O)[O-]. The van der Waals surface area contributed by atoms with Gasteiger partial charge in [0.2, 0.25) is 0 Å². The highest BCUT2D eigenvalue weighted by Gasteiger charge is 1.86. The number of carbonyl (C=O) groups is 1. The van der Waals surface area contributed by atoms with Crippen LogP contribution in [0.15, 0.2) is 0 Å². The molecule has 0 atom stereocenters. The first kappa shape index (κ1) is 8.43. The Morgan fingerprint density at radius 1 is 1.56 bits per heavy atom. The second kappa shape index (κ2) is 5.56. The molecule has 0 aliphatic heterocycles. The average Bonchev–Trinajstić information content (AvgIpc) is 1.80. The van der Waals surface area contributed by atoms with E-state index in [2.05, 4.69) is 0 Å². The van der Waals surface area contributed by atoms with E-state index in [0.29, 0.717) is 13.0 Å². The van der Waals surface area contributed by atoms with Crippen molar-refractivity contribution in [1.82, 2.24) is 0 Å². The molecule has 0 heterocycles. The van der Waals surface area contributed by atoms with E-state index in [4.69, 9.17) is 4.74 Å². The van der Waals surface area contributed by atoms with Gasteiger partial charge in [0.15, 0.2) is 0 Å². The van der Waals surface area contributed by atoms with E-state index in [1.54, 1.807) is 7.11 Å². The lowest BCUT2D eigenvalue weighted by atomic mass is 10.2. The fourth-order valence-corrected chi connectivity index (χ4v) is 0.516. The van der Waals surface area contributed by atoms with Crippen molar-refractivity contribution in [2.24, 2.45) is 0 Å². The fraction of sp³-hybridized carbons (Fsp3) is 0.833. The van der Waals surface area contributed by atoms with Gasteiger partial charge in [-0.1, -0.05) is 0 Å². The van der Waals surface area contributed by atoms with Gasteiger partial charge in [0.05, 0.1) is 0 Å². The highest BCUT2D eigenvalue weighted by molar-refractivity contribution is 5.63. The predicted octanol–water partition coefficient (Wildman–Crippen LogP) is -0.447. The van der Waals surface area contributed by atoms with Gasteiger partial charge >= 0.3 is 0 Å². The predicted molar refractivity (Wildman–Crippen MR) is 30.7 cm³/mol. The maximum Gasteiger partial charge on any atom is 0.0462 e. The molecule has 0 aliphatic rings. The van der Waals surface area contributed by atoms with Crippen molar-refractivity contribution in [3.8, 4) is 0 Å². The number of ether oxygens (including phenoxy) is 1. The molecule has 0 rings (SSSR count). The normalized spacial score (nSPS) is 9.44. The van der Waals surface area contributed by atoms with Gasteiger partial charge in [0.25, 0.3) is 0 Å². The van der Waals surface area contributed by atoms with Crippen LogP contribution in [0.5, 0.6) is 0 Å². The Morgan fingerprint density at radius 2 is 2.22 bits per heavy atom. The van der Waals surface area contributed by atoms with E-state index < -0.39 is 5.97 Å². The summed E-state index contributed by atoms with van der Waals surface area (Å²) in [6.07, 6.45) is 1.59. The third kappa shape index (κ3) is 7.43. The summed E-state index contributed by atoms with van der Waals surface area (Å²) >= 11 is 0. The van der Waals surface area contributed by atoms with Crippen LogP contribution < -0.4 is 5.11 Å². The number of unbranched alkanes of at least 4 members (excludes halogenated alkanes) is 1. The summed E-state index contributed by atoms with van der Waals surface area (Å²) in [7, 11) is 1.60. The van der Waals surface area contributed by atoms with Gasteiger partial charge in [-0.3, -0.25) is 0 Å². The summed E-state index contributed by atoms with van der Waals surface area (Å²) in [5.41, 5.74) is 0. The topological polar surface area (TPSA) is 49.4 Å². The van der Waals surface area contributed by atoms with E-state index in [1.807, 2.05) is 0 Å². The minimum Gasteiger partial charge on any atom is -0.550 e. The molecule has 0 radical (unpaired) electrons. The highest BCUT2D eigenvalue weighted by atomic mass is 16.5. The molecule has 0 unspecified atom stereocenters. The first-order chi connectivity index (χ1) is 4.27. The van der Waals surface area contributed by atoms with Crippen molar-refractivity contribution in [3.63, 3.8) is 0 Å². The lowest BCUT2D eigenvalue weighted by molar-refractivity contribution is -0.305. The second-order valence-electron chi connectivity index (χ2n) is 1.82. The Morgan fingerprint density at radius 3 is 2.67 bits per heavy atom. The third-order valence-corrected chi connectivity index (χ3v) is 0.979. The van der Waals surface area contributed by atoms with Crippen molar-refractivity contribution in [2.75, 3.05) is 13.7 Å². The molecule has 0 fully saturated rings. The number of carbonyl (C=O) groups excluding carboxylic acids is 1. The zero-order chi connectivity index (χ0) is 7.11. The minimum atomic E-state index is -0.980. The van der Waals surface area contributed by atoms with Crippen LogP contribution in [-0.2, 0) is 9.53 Å². The summed E-state index contributed by atoms with van der Waals surface area (Å²) < 4.78 is 4.71. The molecule has 3 nitrogen and oxygen atoms in total. The number of hydrogen-bond donors (Lipinski definition) is 0. The summed E-state index contributed by atoms with van der Waals surface area (Å²) in [5.74, 6) is -0.980. The monoisotopic (exact) mass is 131 g/mol. The van der Waals surface area contributed by atoms with Gasteiger partial charge in [-0.2, -0.15) is 0 Å². The summed E-state index contributed by atoms with van der Waals surface area (Å²) in [6.45, 7) is 0.632. The second-order valence-corrected chi connectivity index (χ2v) is 1.82. The highest BCUT2D eigenvalue weighted by Crippen LogP contribution is 1.92. The van der Waals surface area contributed by atoms with Crippen molar-refractivity contribution in [1.29, 1.82) is 0 Å². The van der Waals surface area contributed by atoms with Gasteiger partial charge in [-0.05, 0) is 19.3 Å². The molecular formula is C6H11O3-. The first-order valence-electron chi connectivity index (χ1n) is 2.96. The largest absolute Gasteiger partial charge is 0.550 e. The van der Waals surface area contributed by atoms with Crippen molar-refractivity contribution in [3.05, 3.63) is 0 Å². The maximum absolute atomic E-state index is 9.81. The molecule has 0 aromatic carbocycles. The number of rotatable bonds is 5. The molecule has 0 saturated carbocycles. The molecule has 3 heteroatoms. The van der Waals surface area contributed by atoms with Crippen molar-refractivity contribution >= 4 is 5.97 Å². The van der Waals surface area contributed by atoms with Crippen LogP contribution in [0.3, 0.4) is 0 Å². The van der Waals surface area contributed by atoms with Crippen LogP contribution in [0.1, 0.15) is 19.3 Å². The maximum atomic E-state index is 9.81. The lowest BCUT2D eigenvalue weighted by Gasteiger charge is -1.99. The van der Waals surface area contributed by atoms with Crippen molar-refractivity contribution < 1.29 is 14.6 Å². The Kier molecular flexibility index (Phi) is 5.21.